The van der Waals surface area contributed by atoms with Gasteiger partial charge in [-0.3, -0.25) is 48.7 Å². The SMILES string of the molecule is C.Cc1c(CC(=O)c2cc(C3CC3)c(C=O)cn2)cccc1-c1cccc(NC(=O)c2cc(C3CC3)c(C=O)cn2)c1C.Cc1c(CC(=O)c2cc(C3CC3)c(CO)cn2)cccc1-c1cccc(NC(=O)c2cc(C3CC3)c(CO)cn2)c1C. The molecule has 0 saturated heterocycles. The van der Waals surface area contributed by atoms with Crippen LogP contribution in [0.5, 0.6) is 0 Å². The summed E-state index contributed by atoms with van der Waals surface area (Å²) in [7, 11) is 0. The van der Waals surface area contributed by atoms with Crippen LogP contribution in [0.15, 0.2) is 122 Å². The summed E-state index contributed by atoms with van der Waals surface area (Å²) in [6, 6.07) is 30.6. The van der Waals surface area contributed by atoms with Crippen LogP contribution in [0.25, 0.3) is 22.3 Å². The molecule has 2 amide bonds. The second kappa shape index (κ2) is 25.5. The van der Waals surface area contributed by atoms with E-state index in [0.29, 0.717) is 63.3 Å². The Balaban J connectivity index is 0.000000187. The molecule has 4 N–H and O–H groups in total. The third-order valence-electron chi connectivity index (χ3n) is 17.0. The molecule has 0 unspecified atom stereocenters. The van der Waals surface area contributed by atoms with Crippen molar-refractivity contribution in [3.05, 3.63) is 223 Å². The molecule has 14 nitrogen and oxygen atoms in total. The van der Waals surface area contributed by atoms with Crippen LogP contribution >= 0.6 is 0 Å². The molecule has 12 rings (SSSR count). The number of hydrogen-bond acceptors (Lipinski definition) is 12. The summed E-state index contributed by atoms with van der Waals surface area (Å²) >= 11 is 0. The summed E-state index contributed by atoms with van der Waals surface area (Å²) in [4.78, 5) is 93.0. The molecule has 4 aromatic heterocycles. The molecule has 85 heavy (non-hydrogen) atoms. The van der Waals surface area contributed by atoms with E-state index < -0.39 is 0 Å². The fourth-order valence-corrected chi connectivity index (χ4v) is 11.4. The molecular formula is C71H70N6O8. The zero-order valence-electron chi connectivity index (χ0n) is 47.6. The van der Waals surface area contributed by atoms with Gasteiger partial charge in [-0.25, -0.2) is 0 Å². The lowest BCUT2D eigenvalue weighted by Gasteiger charge is -2.17. The molecule has 0 aliphatic heterocycles. The number of aliphatic hydroxyl groups is 2. The predicted molar refractivity (Wildman–Crippen MR) is 329 cm³/mol. The first-order valence-electron chi connectivity index (χ1n) is 28.9. The number of aliphatic hydroxyl groups excluding tert-OH is 2. The van der Waals surface area contributed by atoms with Crippen molar-refractivity contribution in [1.82, 2.24) is 19.9 Å². The second-order valence-corrected chi connectivity index (χ2v) is 22.8. The van der Waals surface area contributed by atoms with Crippen molar-refractivity contribution >= 4 is 47.3 Å². The first-order valence-corrected chi connectivity index (χ1v) is 28.9. The van der Waals surface area contributed by atoms with Crippen molar-refractivity contribution in [3.8, 4) is 22.3 Å². The van der Waals surface area contributed by atoms with Gasteiger partial charge in [-0.2, -0.15) is 0 Å². The van der Waals surface area contributed by atoms with Gasteiger partial charge in [0.2, 0.25) is 0 Å². The zero-order chi connectivity index (χ0) is 58.8. The van der Waals surface area contributed by atoms with E-state index in [-0.39, 0.29) is 62.6 Å². The Morgan fingerprint density at radius 2 is 0.753 bits per heavy atom. The third kappa shape index (κ3) is 13.1. The summed E-state index contributed by atoms with van der Waals surface area (Å²) in [5.74, 6) is 0.706. The van der Waals surface area contributed by atoms with E-state index in [1.807, 2.05) is 113 Å². The molecule has 8 aromatic rings. The number of rotatable bonds is 20. The summed E-state index contributed by atoms with van der Waals surface area (Å²) in [6.07, 6.45) is 16.6. The highest BCUT2D eigenvalue weighted by Gasteiger charge is 2.31. The number of nitrogens with zero attached hydrogens (tertiary/aromatic N) is 4. The lowest BCUT2D eigenvalue weighted by atomic mass is 9.91. The fourth-order valence-electron chi connectivity index (χ4n) is 11.4. The number of carbonyl (C=O) groups excluding carboxylic acids is 6. The third-order valence-corrected chi connectivity index (χ3v) is 17.0. The first kappa shape index (κ1) is 59.2. The number of ketones is 2. The molecule has 4 fully saturated rings. The van der Waals surface area contributed by atoms with Crippen molar-refractivity contribution in [2.24, 2.45) is 0 Å². The quantitative estimate of drug-likeness (QED) is 0.0414. The molecule has 0 atom stereocenters. The highest BCUT2D eigenvalue weighted by atomic mass is 16.3. The summed E-state index contributed by atoms with van der Waals surface area (Å²) < 4.78 is 0. The molecule has 0 bridgehead atoms. The Labute approximate surface area is 495 Å². The van der Waals surface area contributed by atoms with E-state index in [2.05, 4.69) is 30.6 Å². The number of hydrogen-bond donors (Lipinski definition) is 4. The van der Waals surface area contributed by atoms with Gasteiger partial charge in [0.05, 0.1) is 13.2 Å². The van der Waals surface area contributed by atoms with Crippen molar-refractivity contribution in [3.63, 3.8) is 0 Å². The van der Waals surface area contributed by atoms with E-state index in [0.717, 1.165) is 153 Å². The van der Waals surface area contributed by atoms with Gasteiger partial charge in [-0.15, -0.1) is 0 Å². The Morgan fingerprint density at radius 3 is 1.14 bits per heavy atom. The Hall–Kier alpha value is -8.98. The summed E-state index contributed by atoms with van der Waals surface area (Å²) in [6.45, 7) is 7.80. The molecule has 432 valence electrons. The van der Waals surface area contributed by atoms with Crippen molar-refractivity contribution in [2.75, 3.05) is 10.6 Å². The molecule has 0 spiro atoms. The molecule has 0 radical (unpaired) electrons. The van der Waals surface area contributed by atoms with Crippen LogP contribution in [0, 0.1) is 27.7 Å². The second-order valence-electron chi connectivity index (χ2n) is 22.8. The smallest absolute Gasteiger partial charge is 0.274 e. The van der Waals surface area contributed by atoms with Crippen LogP contribution in [-0.4, -0.2) is 66.1 Å². The Bertz CT molecular complexity index is 3690. The number of amides is 2. The minimum absolute atomic E-state index is 0. The molecular weight excluding hydrogens is 1060 g/mol. The molecule has 4 heterocycles. The van der Waals surface area contributed by atoms with Crippen LogP contribution in [-0.2, 0) is 26.1 Å². The standard InChI is InChI=1S/C35H35N3O4.C35H31N3O4.CH4/c2*1-20-24(13-34(41)32-14-29(22-9-10-22)25(18-39)16-36-32)5-3-6-27(20)28-7-4-8-31(21(28)2)38-35(42)33-15-30(23-11-12-23)26(19-40)17-37-33;/h3-8,14-17,22-23,39-40H,9-13,18-19H2,1-2H3,(H,38,42);3-8,14-19,22-23H,9-13H2,1-2H3,(H,38,42);1H4. The highest BCUT2D eigenvalue weighted by Crippen LogP contribution is 2.45. The molecule has 4 aliphatic carbocycles. The highest BCUT2D eigenvalue weighted by molar-refractivity contribution is 6.05. The van der Waals surface area contributed by atoms with E-state index in [9.17, 15) is 39.0 Å². The number of nitrogens with one attached hydrogen (secondary N) is 2. The Morgan fingerprint density at radius 1 is 0.435 bits per heavy atom. The zero-order valence-corrected chi connectivity index (χ0v) is 47.6. The van der Waals surface area contributed by atoms with E-state index in [4.69, 9.17) is 0 Å². The maximum atomic E-state index is 13.3. The number of benzene rings is 4. The summed E-state index contributed by atoms with van der Waals surface area (Å²) in [5, 5.41) is 25.4. The van der Waals surface area contributed by atoms with E-state index in [1.165, 1.54) is 12.4 Å². The van der Waals surface area contributed by atoms with Gasteiger partial charge >= 0.3 is 0 Å². The lowest BCUT2D eigenvalue weighted by Crippen LogP contribution is -2.15. The van der Waals surface area contributed by atoms with E-state index >= 15 is 0 Å². The van der Waals surface area contributed by atoms with Crippen LogP contribution in [0.1, 0.15) is 212 Å². The number of carbonyl (C=O) groups is 6. The van der Waals surface area contributed by atoms with E-state index in [1.54, 1.807) is 24.5 Å². The summed E-state index contributed by atoms with van der Waals surface area (Å²) in [5.41, 5.74) is 18.8. The van der Waals surface area contributed by atoms with Crippen molar-refractivity contribution in [2.45, 2.75) is 136 Å². The van der Waals surface area contributed by atoms with Gasteiger partial charge in [-0.1, -0.05) is 68.1 Å². The normalized spacial score (nSPS) is 14.3. The number of aromatic nitrogens is 4. The van der Waals surface area contributed by atoms with Gasteiger partial charge < -0.3 is 20.8 Å². The number of aldehydes is 2. The van der Waals surface area contributed by atoms with Gasteiger partial charge in [-0.05, 0) is 228 Å². The van der Waals surface area contributed by atoms with Crippen LogP contribution in [0.2, 0.25) is 0 Å². The number of Topliss-reactive ketones (excluding diaryl/α,β-unsaturated/α-hetero) is 2. The van der Waals surface area contributed by atoms with Gasteiger partial charge in [0, 0.05) is 60.1 Å². The van der Waals surface area contributed by atoms with Crippen molar-refractivity contribution < 1.29 is 39.0 Å². The molecule has 14 heteroatoms. The minimum atomic E-state index is -0.329. The van der Waals surface area contributed by atoms with Gasteiger partial charge in [0.1, 0.15) is 22.8 Å². The van der Waals surface area contributed by atoms with Crippen LogP contribution in [0.4, 0.5) is 11.4 Å². The molecule has 4 aliphatic rings. The van der Waals surface area contributed by atoms with Crippen LogP contribution < -0.4 is 10.6 Å². The Kier molecular flexibility index (Phi) is 17.7. The minimum Gasteiger partial charge on any atom is -0.392 e. The van der Waals surface area contributed by atoms with Gasteiger partial charge in [0.15, 0.2) is 24.1 Å². The first-order chi connectivity index (χ1) is 40.7. The topological polar surface area (TPSA) is 218 Å². The fraction of sp³-hybridized carbons (Fsp3) is 0.296. The maximum absolute atomic E-state index is 13.3. The number of pyridine rings is 4. The largest absolute Gasteiger partial charge is 0.392 e. The van der Waals surface area contributed by atoms with Crippen LogP contribution in [0.3, 0.4) is 0 Å². The predicted octanol–water partition coefficient (Wildman–Crippen LogP) is 13.6. The van der Waals surface area contributed by atoms with Crippen molar-refractivity contribution in [1.29, 1.82) is 0 Å². The van der Waals surface area contributed by atoms with Gasteiger partial charge in [0.25, 0.3) is 11.8 Å². The number of anilines is 2. The molecule has 4 saturated carbocycles. The average Bonchev–Trinajstić information content (AvgIpc) is 4.25. The maximum Gasteiger partial charge on any atom is 0.274 e. The lowest BCUT2D eigenvalue weighted by molar-refractivity contribution is 0.0979. The average molecular weight is 1140 g/mol. The molecule has 4 aromatic carbocycles. The monoisotopic (exact) mass is 1130 g/mol.